The zero-order chi connectivity index (χ0) is 14.8. The molecule has 3 rings (SSSR count). The van der Waals surface area contributed by atoms with Crippen LogP contribution >= 0.6 is 12.4 Å². The van der Waals surface area contributed by atoms with Gasteiger partial charge < -0.3 is 15.8 Å². The van der Waals surface area contributed by atoms with Gasteiger partial charge in [-0.3, -0.25) is 4.79 Å². The van der Waals surface area contributed by atoms with Crippen molar-refractivity contribution in [3.05, 3.63) is 35.4 Å². The van der Waals surface area contributed by atoms with Crippen molar-refractivity contribution in [3.63, 3.8) is 0 Å². The lowest BCUT2D eigenvalue weighted by Crippen LogP contribution is -2.45. The molecule has 4 nitrogen and oxygen atoms in total. The Morgan fingerprint density at radius 1 is 1.27 bits per heavy atom. The molecular weight excluding hydrogens is 300 g/mol. The molecule has 0 saturated heterocycles. The van der Waals surface area contributed by atoms with Crippen LogP contribution < -0.4 is 11.1 Å². The summed E-state index contributed by atoms with van der Waals surface area (Å²) >= 11 is 0. The monoisotopic (exact) mass is 324 g/mol. The minimum Gasteiger partial charge on any atom is -0.380 e. The number of nitrogens with one attached hydrogen (secondary N) is 1. The highest BCUT2D eigenvalue weighted by Crippen LogP contribution is 2.47. The maximum atomic E-state index is 12.5. The molecule has 4 atom stereocenters. The number of rotatable bonds is 5. The summed E-state index contributed by atoms with van der Waals surface area (Å²) in [5, 5.41) is 3.08. The third kappa shape index (κ3) is 3.29. The van der Waals surface area contributed by atoms with E-state index in [4.69, 9.17) is 10.5 Å². The second-order valence-electron chi connectivity index (χ2n) is 6.36. The van der Waals surface area contributed by atoms with Crippen LogP contribution in [0.1, 0.15) is 30.4 Å². The molecule has 0 aliphatic heterocycles. The topological polar surface area (TPSA) is 64.3 Å². The van der Waals surface area contributed by atoms with E-state index in [0.29, 0.717) is 25.0 Å². The van der Waals surface area contributed by atoms with Crippen LogP contribution in [0.4, 0.5) is 0 Å². The maximum absolute atomic E-state index is 12.5. The lowest BCUT2D eigenvalue weighted by atomic mass is 9.84. The summed E-state index contributed by atoms with van der Waals surface area (Å²) in [5.41, 5.74) is 8.47. The number of fused-ring (bicyclic) bond motifs is 2. The summed E-state index contributed by atoms with van der Waals surface area (Å²) in [4.78, 5) is 12.5. The van der Waals surface area contributed by atoms with Crippen LogP contribution in [-0.4, -0.2) is 19.1 Å². The second kappa shape index (κ2) is 7.44. The van der Waals surface area contributed by atoms with E-state index in [9.17, 15) is 4.79 Å². The Kier molecular flexibility index (Phi) is 5.84. The van der Waals surface area contributed by atoms with E-state index in [0.717, 1.165) is 24.0 Å². The fourth-order valence-corrected chi connectivity index (χ4v) is 4.05. The highest BCUT2D eigenvalue weighted by Gasteiger charge is 2.48. The number of hydrogen-bond donors (Lipinski definition) is 2. The van der Waals surface area contributed by atoms with Crippen LogP contribution in [0.15, 0.2) is 24.3 Å². The Balaban J connectivity index is 0.00000176. The Bertz CT molecular complexity index is 521. The van der Waals surface area contributed by atoms with Crippen LogP contribution in [0, 0.1) is 17.8 Å². The van der Waals surface area contributed by atoms with Gasteiger partial charge in [-0.1, -0.05) is 24.3 Å². The maximum Gasteiger partial charge on any atom is 0.225 e. The summed E-state index contributed by atoms with van der Waals surface area (Å²) in [5.74, 6) is 1.20. The molecule has 1 amide bonds. The second-order valence-corrected chi connectivity index (χ2v) is 6.36. The van der Waals surface area contributed by atoms with Gasteiger partial charge in [-0.15, -0.1) is 12.4 Å². The van der Waals surface area contributed by atoms with Gasteiger partial charge in [0.2, 0.25) is 5.91 Å². The summed E-state index contributed by atoms with van der Waals surface area (Å²) < 4.78 is 5.20. The van der Waals surface area contributed by atoms with Gasteiger partial charge in [-0.05, 0) is 42.2 Å². The fourth-order valence-electron chi connectivity index (χ4n) is 4.05. The van der Waals surface area contributed by atoms with Gasteiger partial charge in [0.05, 0.1) is 12.5 Å². The Morgan fingerprint density at radius 2 is 1.95 bits per heavy atom. The first-order valence-corrected chi connectivity index (χ1v) is 7.79. The average Bonchev–Trinajstić information content (AvgIpc) is 3.07. The third-order valence-corrected chi connectivity index (χ3v) is 5.15. The van der Waals surface area contributed by atoms with E-state index >= 15 is 0 Å². The number of halogens is 1. The SMILES string of the molecule is COCc1ccccc1CNC(=O)C1C2CCC(C2)C1N.Cl. The first-order valence-electron chi connectivity index (χ1n) is 7.79. The van der Waals surface area contributed by atoms with Crippen molar-refractivity contribution in [2.45, 2.75) is 38.5 Å². The van der Waals surface area contributed by atoms with Crippen LogP contribution in [0.5, 0.6) is 0 Å². The molecule has 2 aliphatic carbocycles. The minimum atomic E-state index is 0. The molecule has 1 aromatic rings. The highest BCUT2D eigenvalue weighted by molar-refractivity contribution is 5.85. The number of benzene rings is 1. The smallest absolute Gasteiger partial charge is 0.225 e. The van der Waals surface area contributed by atoms with Gasteiger partial charge in [-0.25, -0.2) is 0 Å². The lowest BCUT2D eigenvalue weighted by molar-refractivity contribution is -0.127. The van der Waals surface area contributed by atoms with Crippen LogP contribution in [0.2, 0.25) is 0 Å². The third-order valence-electron chi connectivity index (χ3n) is 5.15. The first-order chi connectivity index (χ1) is 10.2. The number of methoxy groups -OCH3 is 1. The van der Waals surface area contributed by atoms with E-state index in [1.54, 1.807) is 7.11 Å². The number of carbonyl (C=O) groups excluding carboxylic acids is 1. The van der Waals surface area contributed by atoms with E-state index in [2.05, 4.69) is 5.32 Å². The van der Waals surface area contributed by atoms with Crippen molar-refractivity contribution in [1.82, 2.24) is 5.32 Å². The van der Waals surface area contributed by atoms with Gasteiger partial charge in [0.1, 0.15) is 0 Å². The van der Waals surface area contributed by atoms with Gasteiger partial charge in [0, 0.05) is 19.7 Å². The Hall–Kier alpha value is -1.10. The van der Waals surface area contributed by atoms with Gasteiger partial charge in [-0.2, -0.15) is 0 Å². The molecule has 2 bridgehead atoms. The van der Waals surface area contributed by atoms with Crippen LogP contribution in [-0.2, 0) is 22.7 Å². The van der Waals surface area contributed by atoms with Crippen molar-refractivity contribution in [2.75, 3.05) is 7.11 Å². The highest BCUT2D eigenvalue weighted by atomic mass is 35.5. The van der Waals surface area contributed by atoms with Crippen LogP contribution in [0.3, 0.4) is 0 Å². The molecule has 5 heteroatoms. The summed E-state index contributed by atoms with van der Waals surface area (Å²) in [6.45, 7) is 1.12. The average molecular weight is 325 g/mol. The Labute approximate surface area is 138 Å². The molecule has 122 valence electrons. The molecule has 2 aliphatic rings. The number of carbonyl (C=O) groups is 1. The number of hydrogen-bond acceptors (Lipinski definition) is 3. The molecule has 22 heavy (non-hydrogen) atoms. The van der Waals surface area contributed by atoms with Crippen molar-refractivity contribution in [1.29, 1.82) is 0 Å². The van der Waals surface area contributed by atoms with E-state index in [-0.39, 0.29) is 30.3 Å². The molecular formula is C17H25ClN2O2. The van der Waals surface area contributed by atoms with Crippen LogP contribution in [0.25, 0.3) is 0 Å². The van der Waals surface area contributed by atoms with Gasteiger partial charge in [0.15, 0.2) is 0 Å². The molecule has 4 unspecified atom stereocenters. The normalized spacial score (nSPS) is 29.2. The minimum absolute atomic E-state index is 0. The molecule has 2 fully saturated rings. The van der Waals surface area contributed by atoms with Crippen molar-refractivity contribution in [3.8, 4) is 0 Å². The first kappa shape index (κ1) is 17.3. The van der Waals surface area contributed by atoms with Crippen molar-refractivity contribution >= 4 is 18.3 Å². The summed E-state index contributed by atoms with van der Waals surface area (Å²) in [6.07, 6.45) is 3.50. The van der Waals surface area contributed by atoms with Gasteiger partial charge in [0.25, 0.3) is 0 Å². The number of amides is 1. The zero-order valence-electron chi connectivity index (χ0n) is 13.0. The quantitative estimate of drug-likeness (QED) is 0.873. The predicted octanol–water partition coefficient (Wildman–Crippen LogP) is 2.24. The summed E-state index contributed by atoms with van der Waals surface area (Å²) in [7, 11) is 1.68. The fraction of sp³-hybridized carbons (Fsp3) is 0.588. The molecule has 0 heterocycles. The zero-order valence-corrected chi connectivity index (χ0v) is 13.8. The van der Waals surface area contributed by atoms with Gasteiger partial charge >= 0.3 is 0 Å². The molecule has 0 spiro atoms. The molecule has 0 radical (unpaired) electrons. The summed E-state index contributed by atoms with van der Waals surface area (Å²) in [6, 6.07) is 8.11. The predicted molar refractivity (Wildman–Crippen MR) is 88.5 cm³/mol. The lowest BCUT2D eigenvalue weighted by Gasteiger charge is -2.27. The van der Waals surface area contributed by atoms with E-state index in [1.165, 1.54) is 6.42 Å². The van der Waals surface area contributed by atoms with E-state index < -0.39 is 0 Å². The van der Waals surface area contributed by atoms with Crippen molar-refractivity contribution in [2.24, 2.45) is 23.5 Å². The standard InChI is InChI=1S/C17H24N2O2.ClH/c1-21-10-14-5-3-2-4-13(14)9-19-17(20)15-11-6-7-12(8-11)16(15)18;/h2-5,11-12,15-16H,6-10,18H2,1H3,(H,19,20);1H. The van der Waals surface area contributed by atoms with Crippen molar-refractivity contribution < 1.29 is 9.53 Å². The Morgan fingerprint density at radius 3 is 2.59 bits per heavy atom. The molecule has 3 N–H and O–H groups in total. The number of ether oxygens (including phenoxy) is 1. The van der Waals surface area contributed by atoms with E-state index in [1.807, 2.05) is 24.3 Å². The molecule has 0 aromatic heterocycles. The largest absolute Gasteiger partial charge is 0.380 e. The molecule has 1 aromatic carbocycles. The molecule has 2 saturated carbocycles. The number of nitrogens with two attached hydrogens (primary N) is 1.